The van der Waals surface area contributed by atoms with E-state index in [0.717, 1.165) is 5.84 Å². The lowest BCUT2D eigenvalue weighted by molar-refractivity contribution is 0.403. The first kappa shape index (κ1) is 7.98. The molecule has 0 spiro atoms. The molecule has 0 saturated heterocycles. The summed E-state index contributed by atoms with van der Waals surface area (Å²) < 4.78 is 12.7. The fourth-order valence-electron chi connectivity index (χ4n) is 0.744. The van der Waals surface area contributed by atoms with Gasteiger partial charge in [0.1, 0.15) is 12.0 Å². The van der Waals surface area contributed by atoms with Gasteiger partial charge in [-0.15, -0.1) is 0 Å². The molecule has 1 aliphatic rings. The van der Waals surface area contributed by atoms with Crippen LogP contribution in [0.4, 0.5) is 4.39 Å². The van der Waals surface area contributed by atoms with Crippen molar-refractivity contribution in [3.05, 3.63) is 24.6 Å². The van der Waals surface area contributed by atoms with E-state index in [4.69, 9.17) is 0 Å². The fraction of sp³-hybridized carbons (Fsp3) is 0.375. The van der Waals surface area contributed by atoms with E-state index in [0.29, 0.717) is 6.42 Å². The second kappa shape index (κ2) is 3.91. The molecule has 1 N–H and O–H groups in total. The predicted molar refractivity (Wildman–Crippen MR) is 44.0 cm³/mol. The van der Waals surface area contributed by atoms with Crippen molar-refractivity contribution in [2.75, 3.05) is 0 Å². The molecule has 0 aromatic rings. The number of alkyl halides is 1. The molecular weight excluding hydrogens is 143 g/mol. The van der Waals surface area contributed by atoms with Crippen molar-refractivity contribution in [1.29, 1.82) is 0 Å². The smallest absolute Gasteiger partial charge is 0.123 e. The Kier molecular flexibility index (Phi) is 2.83. The average Bonchev–Trinajstić information content (AvgIpc) is 2.04. The van der Waals surface area contributed by atoms with Crippen LogP contribution in [0.5, 0.6) is 0 Å². The number of amidine groups is 1. The highest BCUT2D eigenvalue weighted by atomic mass is 19.1. The van der Waals surface area contributed by atoms with Gasteiger partial charge in [0.25, 0.3) is 0 Å². The molecule has 0 amide bonds. The minimum atomic E-state index is -0.903. The van der Waals surface area contributed by atoms with Crippen molar-refractivity contribution >= 4 is 5.84 Å². The van der Waals surface area contributed by atoms with Gasteiger partial charge in [0.2, 0.25) is 0 Å². The van der Waals surface area contributed by atoms with Crippen LogP contribution in [0, 0.1) is 0 Å². The summed E-state index contributed by atoms with van der Waals surface area (Å²) in [5.74, 6) is 0.770. The van der Waals surface area contributed by atoms with E-state index in [1.165, 1.54) is 6.08 Å². The number of halogens is 1. The number of aliphatic imine (C=N–C) groups is 1. The van der Waals surface area contributed by atoms with Gasteiger partial charge in [-0.1, -0.05) is 6.08 Å². The lowest BCUT2D eigenvalue weighted by atomic mass is 10.3. The van der Waals surface area contributed by atoms with Crippen LogP contribution in [0.1, 0.15) is 13.3 Å². The summed E-state index contributed by atoms with van der Waals surface area (Å²) in [6.07, 6.45) is 5.88. The Labute approximate surface area is 65.5 Å². The van der Waals surface area contributed by atoms with Crippen LogP contribution < -0.4 is 5.32 Å². The molecule has 3 heteroatoms. The molecule has 0 saturated carbocycles. The van der Waals surface area contributed by atoms with Crippen LogP contribution in [0.2, 0.25) is 0 Å². The first-order valence-electron chi connectivity index (χ1n) is 3.56. The van der Waals surface area contributed by atoms with Crippen LogP contribution in [0.25, 0.3) is 0 Å². The van der Waals surface area contributed by atoms with Crippen molar-refractivity contribution in [3.8, 4) is 0 Å². The fourth-order valence-corrected chi connectivity index (χ4v) is 0.744. The van der Waals surface area contributed by atoms with Crippen molar-refractivity contribution in [1.82, 2.24) is 5.32 Å². The van der Waals surface area contributed by atoms with Crippen LogP contribution in [-0.2, 0) is 0 Å². The van der Waals surface area contributed by atoms with Crippen molar-refractivity contribution in [2.24, 2.45) is 4.99 Å². The van der Waals surface area contributed by atoms with Crippen molar-refractivity contribution < 1.29 is 4.39 Å². The van der Waals surface area contributed by atoms with Crippen LogP contribution in [0.15, 0.2) is 29.5 Å². The van der Waals surface area contributed by atoms with Crippen molar-refractivity contribution in [3.63, 3.8) is 0 Å². The molecular formula is C8H11FN2. The third-order valence-corrected chi connectivity index (χ3v) is 1.33. The molecule has 0 radical (unpaired) electrons. The third kappa shape index (κ3) is 2.98. The normalized spacial score (nSPS) is 30.4. The second-order valence-corrected chi connectivity index (χ2v) is 2.35. The third-order valence-electron chi connectivity index (χ3n) is 1.33. The Hall–Kier alpha value is -1.12. The summed E-state index contributed by atoms with van der Waals surface area (Å²) >= 11 is 0. The van der Waals surface area contributed by atoms with E-state index in [-0.39, 0.29) is 0 Å². The zero-order valence-corrected chi connectivity index (χ0v) is 6.42. The maximum Gasteiger partial charge on any atom is 0.123 e. The first-order chi connectivity index (χ1) is 5.29. The predicted octanol–water partition coefficient (Wildman–Crippen LogP) is 1.76. The molecule has 1 heterocycles. The van der Waals surface area contributed by atoms with E-state index in [1.54, 1.807) is 18.5 Å². The van der Waals surface area contributed by atoms with E-state index in [1.807, 2.05) is 6.92 Å². The van der Waals surface area contributed by atoms with Crippen LogP contribution >= 0.6 is 0 Å². The molecule has 0 aromatic heterocycles. The largest absolute Gasteiger partial charge is 0.351 e. The molecule has 60 valence electrons. The number of hydrogen-bond acceptors (Lipinski definition) is 2. The van der Waals surface area contributed by atoms with Gasteiger partial charge in [0, 0.05) is 18.8 Å². The van der Waals surface area contributed by atoms with Gasteiger partial charge in [-0.3, -0.25) is 0 Å². The maximum absolute atomic E-state index is 12.7. The van der Waals surface area contributed by atoms with Crippen LogP contribution in [0.3, 0.4) is 0 Å². The minimum absolute atomic E-state index is 0.398. The minimum Gasteiger partial charge on any atom is -0.351 e. The van der Waals surface area contributed by atoms with Crippen molar-refractivity contribution in [2.45, 2.75) is 19.5 Å². The first-order valence-corrected chi connectivity index (χ1v) is 3.56. The van der Waals surface area contributed by atoms with Crippen LogP contribution in [-0.4, -0.2) is 12.0 Å². The van der Waals surface area contributed by atoms with Gasteiger partial charge in [0.15, 0.2) is 0 Å². The molecule has 0 fully saturated rings. The van der Waals surface area contributed by atoms with E-state index < -0.39 is 6.17 Å². The number of hydrogen-bond donors (Lipinski definition) is 1. The zero-order chi connectivity index (χ0) is 8.10. The van der Waals surface area contributed by atoms with E-state index in [2.05, 4.69) is 10.3 Å². The van der Waals surface area contributed by atoms with Gasteiger partial charge in [-0.25, -0.2) is 9.38 Å². The summed E-state index contributed by atoms with van der Waals surface area (Å²) in [4.78, 5) is 3.99. The quantitative estimate of drug-likeness (QED) is 0.565. The second-order valence-electron chi connectivity index (χ2n) is 2.35. The summed E-state index contributed by atoms with van der Waals surface area (Å²) in [6.45, 7) is 1.83. The molecule has 0 bridgehead atoms. The highest BCUT2D eigenvalue weighted by Gasteiger charge is 1.97. The maximum atomic E-state index is 12.7. The number of nitrogens with zero attached hydrogens (tertiary/aromatic N) is 1. The number of rotatable bonds is 0. The molecule has 0 aliphatic carbocycles. The lowest BCUT2D eigenvalue weighted by Gasteiger charge is -1.96. The van der Waals surface area contributed by atoms with Gasteiger partial charge >= 0.3 is 0 Å². The lowest BCUT2D eigenvalue weighted by Crippen LogP contribution is -2.12. The Bertz CT molecular complexity index is 206. The highest BCUT2D eigenvalue weighted by Crippen LogP contribution is 2.01. The SMILES string of the molecule is CC1=N/C=C/CC(F)/C=C/N1. The topological polar surface area (TPSA) is 24.4 Å². The molecule has 1 atom stereocenters. The Balaban J connectivity index is 2.63. The molecule has 0 aromatic carbocycles. The Morgan fingerprint density at radius 2 is 2.55 bits per heavy atom. The van der Waals surface area contributed by atoms with E-state index in [9.17, 15) is 4.39 Å². The summed E-state index contributed by atoms with van der Waals surface area (Å²) in [6, 6.07) is 0. The molecule has 1 aliphatic heterocycles. The summed E-state index contributed by atoms with van der Waals surface area (Å²) in [5.41, 5.74) is 0. The summed E-state index contributed by atoms with van der Waals surface area (Å²) in [5, 5.41) is 2.83. The number of nitrogens with one attached hydrogen (secondary N) is 1. The van der Waals surface area contributed by atoms with Gasteiger partial charge in [-0.2, -0.15) is 0 Å². The van der Waals surface area contributed by atoms with Gasteiger partial charge in [-0.05, 0) is 13.0 Å². The summed E-state index contributed by atoms with van der Waals surface area (Å²) in [7, 11) is 0. The van der Waals surface area contributed by atoms with E-state index >= 15 is 0 Å². The molecule has 1 rings (SSSR count). The molecule has 2 nitrogen and oxygen atoms in total. The highest BCUT2D eigenvalue weighted by molar-refractivity contribution is 5.80. The Morgan fingerprint density at radius 3 is 3.36 bits per heavy atom. The number of allylic oxidation sites excluding steroid dienone is 2. The standard InChI is InChI=1S/C8H11FN2/c1-7-10-5-2-3-8(9)4-6-11-7/h2,4-6,8H,3H2,1H3,(H,10,11)/b5-2+,6-4+. The Morgan fingerprint density at radius 1 is 1.73 bits per heavy atom. The average molecular weight is 154 g/mol. The zero-order valence-electron chi connectivity index (χ0n) is 6.42. The van der Waals surface area contributed by atoms with Gasteiger partial charge < -0.3 is 5.32 Å². The molecule has 1 unspecified atom stereocenters. The van der Waals surface area contributed by atoms with Gasteiger partial charge in [0.05, 0.1) is 0 Å². The monoisotopic (exact) mass is 154 g/mol. The molecule has 11 heavy (non-hydrogen) atoms.